The number of nitrogens with one attached hydrogen (secondary N) is 1. The Morgan fingerprint density at radius 2 is 2.26 bits per heavy atom. The molecule has 1 heterocycles. The summed E-state index contributed by atoms with van der Waals surface area (Å²) >= 11 is 1.86. The van der Waals surface area contributed by atoms with Crippen molar-refractivity contribution in [1.29, 1.82) is 0 Å². The number of amides is 1. The quantitative estimate of drug-likeness (QED) is 0.915. The molecule has 0 aromatic heterocycles. The highest BCUT2D eigenvalue weighted by atomic mass is 32.2. The summed E-state index contributed by atoms with van der Waals surface area (Å²) in [7, 11) is 0. The Balaban J connectivity index is 2.03. The normalized spacial score (nSPS) is 19.2. The number of hydrogen-bond donors (Lipinski definition) is 1. The predicted molar refractivity (Wildman–Crippen MR) is 81.4 cm³/mol. The van der Waals surface area contributed by atoms with Crippen LogP contribution in [-0.4, -0.2) is 41.4 Å². The average Bonchev–Trinajstić information content (AvgIpc) is 2.47. The van der Waals surface area contributed by atoms with Crippen LogP contribution in [0.5, 0.6) is 0 Å². The monoisotopic (exact) mass is 278 g/mol. The van der Waals surface area contributed by atoms with E-state index in [9.17, 15) is 4.79 Å². The molecule has 1 N–H and O–H groups in total. The Labute approximate surface area is 119 Å². The van der Waals surface area contributed by atoms with Crippen molar-refractivity contribution in [2.24, 2.45) is 0 Å². The lowest BCUT2D eigenvalue weighted by Gasteiger charge is -2.29. The number of nitrogens with zero attached hydrogens (tertiary/aromatic N) is 1. The van der Waals surface area contributed by atoms with Crippen molar-refractivity contribution >= 4 is 17.7 Å². The third-order valence-corrected chi connectivity index (χ3v) is 4.60. The zero-order chi connectivity index (χ0) is 13.7. The van der Waals surface area contributed by atoms with Gasteiger partial charge in [0.05, 0.1) is 6.04 Å². The number of hydrogen-bond acceptors (Lipinski definition) is 3. The topological polar surface area (TPSA) is 32.3 Å². The van der Waals surface area contributed by atoms with Gasteiger partial charge in [0.2, 0.25) is 5.91 Å². The Morgan fingerprint density at radius 3 is 2.89 bits per heavy atom. The highest BCUT2D eigenvalue weighted by molar-refractivity contribution is 7.99. The van der Waals surface area contributed by atoms with Gasteiger partial charge < -0.3 is 10.2 Å². The first-order chi connectivity index (χ1) is 9.22. The Morgan fingerprint density at radius 1 is 1.47 bits per heavy atom. The summed E-state index contributed by atoms with van der Waals surface area (Å²) in [4.78, 5) is 14.4. The van der Waals surface area contributed by atoms with Crippen molar-refractivity contribution in [3.05, 3.63) is 35.4 Å². The number of rotatable bonds is 4. The van der Waals surface area contributed by atoms with Crippen LogP contribution in [0.15, 0.2) is 24.3 Å². The molecule has 19 heavy (non-hydrogen) atoms. The van der Waals surface area contributed by atoms with Gasteiger partial charge in [0.15, 0.2) is 0 Å². The molecule has 104 valence electrons. The molecule has 1 unspecified atom stereocenters. The molecular weight excluding hydrogens is 256 g/mol. The molecule has 1 aliphatic heterocycles. The summed E-state index contributed by atoms with van der Waals surface area (Å²) in [5.74, 6) is 2.23. The fraction of sp³-hybridized carbons (Fsp3) is 0.533. The Hall–Kier alpha value is -1.00. The average molecular weight is 278 g/mol. The first-order valence-corrected chi connectivity index (χ1v) is 8.02. The molecule has 0 spiro atoms. The van der Waals surface area contributed by atoms with E-state index in [1.807, 2.05) is 35.7 Å². The van der Waals surface area contributed by atoms with Gasteiger partial charge in [0.1, 0.15) is 0 Å². The minimum atomic E-state index is -0.0114. The van der Waals surface area contributed by atoms with Crippen LogP contribution >= 0.6 is 11.8 Å². The molecule has 1 aromatic rings. The summed E-state index contributed by atoms with van der Waals surface area (Å²) in [6.07, 6.45) is 0. The van der Waals surface area contributed by atoms with Crippen LogP contribution in [-0.2, 0) is 11.3 Å². The maximum atomic E-state index is 12.5. The molecule has 1 saturated heterocycles. The maximum Gasteiger partial charge on any atom is 0.240 e. The van der Waals surface area contributed by atoms with Gasteiger partial charge in [-0.05, 0) is 25.0 Å². The second kappa shape index (κ2) is 6.96. The number of aryl methyl sites for hydroxylation is 1. The lowest BCUT2D eigenvalue weighted by molar-refractivity contribution is -0.133. The maximum absolute atomic E-state index is 12.5. The first kappa shape index (κ1) is 14.4. The lowest BCUT2D eigenvalue weighted by Crippen LogP contribution is -2.50. The molecule has 1 aliphatic rings. The van der Waals surface area contributed by atoms with Crippen LogP contribution in [0.25, 0.3) is 0 Å². The number of benzene rings is 1. The van der Waals surface area contributed by atoms with Gasteiger partial charge in [-0.25, -0.2) is 0 Å². The summed E-state index contributed by atoms with van der Waals surface area (Å²) in [5, 5.41) is 3.32. The van der Waals surface area contributed by atoms with Crippen molar-refractivity contribution in [1.82, 2.24) is 10.2 Å². The summed E-state index contributed by atoms with van der Waals surface area (Å²) in [5.41, 5.74) is 2.49. The molecule has 0 aliphatic carbocycles. The number of thioether (sulfide) groups is 1. The lowest BCUT2D eigenvalue weighted by atomic mass is 10.1. The highest BCUT2D eigenvalue weighted by Gasteiger charge is 2.25. The molecule has 0 saturated carbocycles. The molecule has 0 radical (unpaired) electrons. The van der Waals surface area contributed by atoms with E-state index in [4.69, 9.17) is 0 Å². The third-order valence-electron chi connectivity index (χ3n) is 3.54. The zero-order valence-corrected chi connectivity index (χ0v) is 12.5. The molecule has 4 heteroatoms. The van der Waals surface area contributed by atoms with Crippen LogP contribution in [0.4, 0.5) is 0 Å². The van der Waals surface area contributed by atoms with E-state index in [1.165, 1.54) is 11.1 Å². The van der Waals surface area contributed by atoms with Gasteiger partial charge in [-0.2, -0.15) is 11.8 Å². The van der Waals surface area contributed by atoms with Crippen molar-refractivity contribution < 1.29 is 4.79 Å². The fourth-order valence-corrected chi connectivity index (χ4v) is 3.21. The van der Waals surface area contributed by atoms with Gasteiger partial charge in [0.25, 0.3) is 0 Å². The smallest absolute Gasteiger partial charge is 0.240 e. The second-order valence-electron chi connectivity index (χ2n) is 4.86. The van der Waals surface area contributed by atoms with Crippen LogP contribution in [0.1, 0.15) is 18.1 Å². The third kappa shape index (κ3) is 3.74. The summed E-state index contributed by atoms with van der Waals surface area (Å²) in [6.45, 7) is 6.55. The van der Waals surface area contributed by atoms with Crippen LogP contribution < -0.4 is 5.32 Å². The highest BCUT2D eigenvalue weighted by Crippen LogP contribution is 2.14. The SMILES string of the molecule is CCN(Cc1ccccc1C)C(=O)C1CSCCN1. The van der Waals surface area contributed by atoms with Gasteiger partial charge in [-0.3, -0.25) is 4.79 Å². The largest absolute Gasteiger partial charge is 0.337 e. The van der Waals surface area contributed by atoms with Crippen molar-refractivity contribution in [3.63, 3.8) is 0 Å². The van der Waals surface area contributed by atoms with Crippen molar-refractivity contribution in [2.45, 2.75) is 26.4 Å². The molecule has 0 bridgehead atoms. The Bertz CT molecular complexity index is 430. The minimum absolute atomic E-state index is 0.0114. The predicted octanol–water partition coefficient (Wildman–Crippen LogP) is 2.05. The fourth-order valence-electron chi connectivity index (χ4n) is 2.28. The molecule has 1 amide bonds. The van der Waals surface area contributed by atoms with Crippen LogP contribution in [0.2, 0.25) is 0 Å². The van der Waals surface area contributed by atoms with Crippen LogP contribution in [0, 0.1) is 6.92 Å². The minimum Gasteiger partial charge on any atom is -0.337 e. The zero-order valence-electron chi connectivity index (χ0n) is 11.7. The second-order valence-corrected chi connectivity index (χ2v) is 6.01. The molecular formula is C15H22N2OS. The first-order valence-electron chi connectivity index (χ1n) is 6.86. The van der Waals surface area contributed by atoms with E-state index in [2.05, 4.69) is 24.4 Å². The molecule has 3 nitrogen and oxygen atoms in total. The van der Waals surface area contributed by atoms with E-state index in [1.54, 1.807) is 0 Å². The van der Waals surface area contributed by atoms with Crippen molar-refractivity contribution in [3.8, 4) is 0 Å². The molecule has 1 aromatic carbocycles. The van der Waals surface area contributed by atoms with Gasteiger partial charge in [0, 0.05) is 31.1 Å². The van der Waals surface area contributed by atoms with E-state index >= 15 is 0 Å². The van der Waals surface area contributed by atoms with E-state index in [0.29, 0.717) is 6.54 Å². The molecule has 1 atom stereocenters. The number of carbonyl (C=O) groups excluding carboxylic acids is 1. The summed E-state index contributed by atoms with van der Waals surface area (Å²) in [6, 6.07) is 8.27. The van der Waals surface area contributed by atoms with E-state index in [0.717, 1.165) is 24.6 Å². The van der Waals surface area contributed by atoms with Gasteiger partial charge >= 0.3 is 0 Å². The van der Waals surface area contributed by atoms with Crippen LogP contribution in [0.3, 0.4) is 0 Å². The Kier molecular flexibility index (Phi) is 5.28. The molecule has 1 fully saturated rings. The summed E-state index contributed by atoms with van der Waals surface area (Å²) < 4.78 is 0. The van der Waals surface area contributed by atoms with Gasteiger partial charge in [-0.15, -0.1) is 0 Å². The standard InChI is InChI=1S/C15H22N2OS/c1-3-17(10-13-7-5-4-6-12(13)2)15(18)14-11-19-9-8-16-14/h4-7,14,16H,3,8-11H2,1-2H3. The van der Waals surface area contributed by atoms with E-state index in [-0.39, 0.29) is 11.9 Å². The molecule has 2 rings (SSSR count). The number of likely N-dealkylation sites (N-methyl/N-ethyl adjacent to an activating group) is 1. The van der Waals surface area contributed by atoms with Gasteiger partial charge in [-0.1, -0.05) is 24.3 Å². The van der Waals surface area contributed by atoms with Crippen molar-refractivity contribution in [2.75, 3.05) is 24.6 Å². The number of carbonyl (C=O) groups is 1. The van der Waals surface area contributed by atoms with E-state index < -0.39 is 0 Å².